The summed E-state index contributed by atoms with van der Waals surface area (Å²) >= 11 is 0. The van der Waals surface area contributed by atoms with Gasteiger partial charge in [-0.2, -0.15) is 0 Å². The van der Waals surface area contributed by atoms with E-state index < -0.39 is 11.9 Å². The summed E-state index contributed by atoms with van der Waals surface area (Å²) in [5, 5.41) is 8.29. The highest BCUT2D eigenvalue weighted by Gasteiger charge is 2.08. The minimum atomic E-state index is -0.877. The summed E-state index contributed by atoms with van der Waals surface area (Å²) in [5.41, 5.74) is -0.0415. The molecule has 11 heavy (non-hydrogen) atoms. The first-order valence-corrected chi connectivity index (χ1v) is 2.81. The van der Waals surface area contributed by atoms with Gasteiger partial charge in [-0.25, -0.2) is 9.59 Å². The summed E-state index contributed by atoms with van der Waals surface area (Å²) in [5.74, 6) is -1.71. The second kappa shape index (κ2) is 4.27. The van der Waals surface area contributed by atoms with Crippen molar-refractivity contribution in [1.29, 1.82) is 0 Å². The number of aliphatic hydroxyl groups excluding tert-OH is 1. The van der Waals surface area contributed by atoms with Crippen molar-refractivity contribution < 1.29 is 19.4 Å². The molecule has 1 N–H and O–H groups in total. The van der Waals surface area contributed by atoms with Crippen LogP contribution in [0.1, 0.15) is 6.92 Å². The van der Waals surface area contributed by atoms with Gasteiger partial charge in [-0.3, -0.25) is 0 Å². The van der Waals surface area contributed by atoms with Crippen molar-refractivity contribution in [3.8, 4) is 0 Å². The Morgan fingerprint density at radius 1 is 1.55 bits per heavy atom. The van der Waals surface area contributed by atoms with E-state index in [-0.39, 0.29) is 5.57 Å². The van der Waals surface area contributed by atoms with E-state index in [1.807, 2.05) is 0 Å². The topological polar surface area (TPSA) is 63.6 Å². The minimum Gasteiger partial charge on any atom is -0.515 e. The van der Waals surface area contributed by atoms with Gasteiger partial charge in [-0.15, -0.1) is 0 Å². The second-order valence-electron chi connectivity index (χ2n) is 1.72. The number of aliphatic hydroxyl groups is 1. The number of rotatable bonds is 2. The standard InChI is InChI=1S/C7H8O4/c1-3-6(9)11-7(10)5(2)4-8/h3-4,8H,1H2,2H3. The van der Waals surface area contributed by atoms with Crippen LogP contribution in [0.2, 0.25) is 0 Å². The smallest absolute Gasteiger partial charge is 0.344 e. The fraction of sp³-hybridized carbons (Fsp3) is 0.143. The fourth-order valence-corrected chi connectivity index (χ4v) is 0.266. The highest BCUT2D eigenvalue weighted by atomic mass is 16.6. The van der Waals surface area contributed by atoms with Crippen LogP contribution in [0.4, 0.5) is 0 Å². The van der Waals surface area contributed by atoms with Gasteiger partial charge in [0.05, 0.1) is 11.8 Å². The van der Waals surface area contributed by atoms with Gasteiger partial charge in [0, 0.05) is 6.08 Å². The summed E-state index contributed by atoms with van der Waals surface area (Å²) in [4.78, 5) is 21.0. The van der Waals surface area contributed by atoms with Crippen LogP contribution in [0.15, 0.2) is 24.5 Å². The first kappa shape index (κ1) is 9.42. The third kappa shape index (κ3) is 3.20. The van der Waals surface area contributed by atoms with Gasteiger partial charge in [0.15, 0.2) is 0 Å². The van der Waals surface area contributed by atoms with Crippen LogP contribution in [0.5, 0.6) is 0 Å². The molecule has 0 aliphatic carbocycles. The largest absolute Gasteiger partial charge is 0.515 e. The van der Waals surface area contributed by atoms with Crippen molar-refractivity contribution in [3.05, 3.63) is 24.5 Å². The molecule has 0 rings (SSSR count). The molecule has 0 aliphatic heterocycles. The molecule has 60 valence electrons. The average molecular weight is 156 g/mol. The zero-order chi connectivity index (χ0) is 8.85. The molecule has 0 unspecified atom stereocenters. The quantitative estimate of drug-likeness (QED) is 0.276. The van der Waals surface area contributed by atoms with Crippen LogP contribution in [-0.2, 0) is 14.3 Å². The minimum absolute atomic E-state index is 0.0415. The van der Waals surface area contributed by atoms with Crippen LogP contribution in [-0.4, -0.2) is 17.0 Å². The molecule has 0 radical (unpaired) electrons. The molecule has 4 heteroatoms. The van der Waals surface area contributed by atoms with Crippen LogP contribution in [0.3, 0.4) is 0 Å². The lowest BCUT2D eigenvalue weighted by Gasteiger charge is -1.96. The van der Waals surface area contributed by atoms with Crippen molar-refractivity contribution in [3.63, 3.8) is 0 Å². The number of carbonyl (C=O) groups is 2. The molecule has 0 aromatic heterocycles. The van der Waals surface area contributed by atoms with E-state index in [9.17, 15) is 9.59 Å². The molecule has 0 saturated heterocycles. The van der Waals surface area contributed by atoms with Crippen molar-refractivity contribution in [2.75, 3.05) is 0 Å². The Morgan fingerprint density at radius 2 is 2.09 bits per heavy atom. The van der Waals surface area contributed by atoms with Crippen molar-refractivity contribution in [2.45, 2.75) is 6.92 Å². The lowest BCUT2D eigenvalue weighted by molar-refractivity contribution is -0.153. The highest BCUT2D eigenvalue weighted by Crippen LogP contribution is 1.94. The zero-order valence-electron chi connectivity index (χ0n) is 6.03. The fourth-order valence-electron chi connectivity index (χ4n) is 0.266. The Hall–Kier alpha value is -1.58. The van der Waals surface area contributed by atoms with Gasteiger partial charge < -0.3 is 9.84 Å². The summed E-state index contributed by atoms with van der Waals surface area (Å²) < 4.78 is 4.13. The zero-order valence-corrected chi connectivity index (χ0v) is 6.03. The van der Waals surface area contributed by atoms with Crippen LogP contribution >= 0.6 is 0 Å². The summed E-state index contributed by atoms with van der Waals surface area (Å²) in [6.45, 7) is 4.41. The highest BCUT2D eigenvalue weighted by molar-refractivity contribution is 5.98. The molecular weight excluding hydrogens is 148 g/mol. The molecule has 0 saturated carbocycles. The van der Waals surface area contributed by atoms with Crippen LogP contribution in [0.25, 0.3) is 0 Å². The third-order valence-electron chi connectivity index (χ3n) is 0.876. The molecule has 0 bridgehead atoms. The van der Waals surface area contributed by atoms with E-state index in [1.54, 1.807) is 0 Å². The monoisotopic (exact) mass is 156 g/mol. The van der Waals surface area contributed by atoms with Gasteiger partial charge in [0.2, 0.25) is 0 Å². The number of hydrogen-bond acceptors (Lipinski definition) is 4. The van der Waals surface area contributed by atoms with E-state index in [1.165, 1.54) is 6.92 Å². The van der Waals surface area contributed by atoms with Crippen LogP contribution in [0, 0.1) is 0 Å². The van der Waals surface area contributed by atoms with E-state index in [2.05, 4.69) is 11.3 Å². The molecule has 4 nitrogen and oxygen atoms in total. The molecule has 0 aromatic carbocycles. The Bertz CT molecular complexity index is 214. The van der Waals surface area contributed by atoms with Gasteiger partial charge >= 0.3 is 11.9 Å². The van der Waals surface area contributed by atoms with Crippen molar-refractivity contribution in [1.82, 2.24) is 0 Å². The molecule has 0 heterocycles. The summed E-state index contributed by atoms with van der Waals surface area (Å²) in [6, 6.07) is 0. The van der Waals surface area contributed by atoms with E-state index >= 15 is 0 Å². The van der Waals surface area contributed by atoms with Gasteiger partial charge in [0.1, 0.15) is 0 Å². The lowest BCUT2D eigenvalue weighted by Crippen LogP contribution is -2.10. The van der Waals surface area contributed by atoms with Gasteiger partial charge in [-0.1, -0.05) is 6.58 Å². The van der Waals surface area contributed by atoms with Crippen molar-refractivity contribution in [2.24, 2.45) is 0 Å². The Balaban J connectivity index is 4.09. The molecule has 0 spiro atoms. The van der Waals surface area contributed by atoms with Crippen LogP contribution < -0.4 is 0 Å². The number of carbonyl (C=O) groups excluding carboxylic acids is 2. The Labute approximate surface area is 63.8 Å². The Kier molecular flexibility index (Phi) is 3.66. The maximum atomic E-state index is 10.6. The first-order chi connectivity index (χ1) is 5.11. The number of esters is 2. The van der Waals surface area contributed by atoms with E-state index in [0.29, 0.717) is 6.26 Å². The first-order valence-electron chi connectivity index (χ1n) is 2.81. The predicted octanol–water partition coefficient (Wildman–Crippen LogP) is 0.704. The van der Waals surface area contributed by atoms with Crippen molar-refractivity contribution >= 4 is 11.9 Å². The van der Waals surface area contributed by atoms with Gasteiger partial charge in [-0.05, 0) is 6.92 Å². The van der Waals surface area contributed by atoms with E-state index in [4.69, 9.17) is 5.11 Å². The molecule has 0 amide bonds. The summed E-state index contributed by atoms with van der Waals surface area (Å²) in [7, 11) is 0. The number of ether oxygens (including phenoxy) is 1. The predicted molar refractivity (Wildman–Crippen MR) is 37.7 cm³/mol. The normalized spacial score (nSPS) is 10.5. The molecule has 0 atom stereocenters. The lowest BCUT2D eigenvalue weighted by atomic mass is 10.3. The molecule has 0 aromatic rings. The average Bonchev–Trinajstić information content (AvgIpc) is 2.02. The van der Waals surface area contributed by atoms with E-state index in [0.717, 1.165) is 6.08 Å². The maximum absolute atomic E-state index is 10.6. The van der Waals surface area contributed by atoms with Gasteiger partial charge in [0.25, 0.3) is 0 Å². The summed E-state index contributed by atoms with van der Waals surface area (Å²) in [6.07, 6.45) is 1.43. The molecular formula is C7H8O4. The SMILES string of the molecule is C=CC(=O)OC(=O)C(C)=CO. The third-order valence-corrected chi connectivity index (χ3v) is 0.876. The maximum Gasteiger partial charge on any atom is 0.344 e. The molecule has 0 fully saturated rings. The number of hydrogen-bond donors (Lipinski definition) is 1. The Morgan fingerprint density at radius 3 is 2.45 bits per heavy atom. The molecule has 0 aliphatic rings. The second-order valence-corrected chi connectivity index (χ2v) is 1.72.